The van der Waals surface area contributed by atoms with Gasteiger partial charge in [0.25, 0.3) is 5.91 Å². The number of nitrogens with one attached hydrogen (secondary N) is 2. The van der Waals surface area contributed by atoms with Crippen LogP contribution < -0.4 is 10.6 Å². The molecule has 0 bridgehead atoms. The van der Waals surface area contributed by atoms with Crippen molar-refractivity contribution in [2.45, 2.75) is 0 Å². The Morgan fingerprint density at radius 3 is 2.80 bits per heavy atom. The molecule has 0 atom stereocenters. The van der Waals surface area contributed by atoms with Gasteiger partial charge in [-0.2, -0.15) is 5.10 Å². The van der Waals surface area contributed by atoms with Crippen molar-refractivity contribution in [3.8, 4) is 0 Å². The zero-order valence-corrected chi connectivity index (χ0v) is 12.3. The highest BCUT2D eigenvalue weighted by Gasteiger charge is 2.09. The molecule has 0 saturated carbocycles. The number of rotatable bonds is 4. The minimum Gasteiger partial charge on any atom is -0.343 e. The summed E-state index contributed by atoms with van der Waals surface area (Å²) in [6.45, 7) is -0.109. The SMILES string of the molecule is Cn1ccc(NC(=O)CNC(=O)c2cccc(Br)c2)n1. The standard InChI is InChI=1S/C13H13BrN4O2/c1-18-6-5-11(17-18)16-12(19)8-15-13(20)9-3-2-4-10(14)7-9/h2-7H,8H2,1H3,(H,15,20)(H,16,17,19). The van der Waals surface area contributed by atoms with Gasteiger partial charge < -0.3 is 10.6 Å². The molecule has 20 heavy (non-hydrogen) atoms. The van der Waals surface area contributed by atoms with Crippen LogP contribution in [0.25, 0.3) is 0 Å². The Hall–Kier alpha value is -2.15. The van der Waals surface area contributed by atoms with Crippen LogP contribution in [0.5, 0.6) is 0 Å². The fourth-order valence-electron chi connectivity index (χ4n) is 1.56. The molecule has 6 nitrogen and oxygen atoms in total. The normalized spacial score (nSPS) is 10.1. The third-order valence-corrected chi connectivity index (χ3v) is 2.97. The van der Waals surface area contributed by atoms with Crippen LogP contribution in [0.1, 0.15) is 10.4 Å². The molecular weight excluding hydrogens is 324 g/mol. The lowest BCUT2D eigenvalue weighted by atomic mass is 10.2. The zero-order valence-electron chi connectivity index (χ0n) is 10.8. The van der Waals surface area contributed by atoms with Gasteiger partial charge >= 0.3 is 0 Å². The van der Waals surface area contributed by atoms with E-state index in [1.54, 1.807) is 42.2 Å². The van der Waals surface area contributed by atoms with E-state index in [1.165, 1.54) is 0 Å². The summed E-state index contributed by atoms with van der Waals surface area (Å²) >= 11 is 3.29. The molecule has 2 N–H and O–H groups in total. The Balaban J connectivity index is 1.85. The van der Waals surface area contributed by atoms with Crippen LogP contribution in [-0.2, 0) is 11.8 Å². The molecule has 0 saturated heterocycles. The van der Waals surface area contributed by atoms with Crippen molar-refractivity contribution in [3.63, 3.8) is 0 Å². The van der Waals surface area contributed by atoms with Gasteiger partial charge in [-0.3, -0.25) is 14.3 Å². The molecule has 0 aliphatic carbocycles. The molecule has 0 aliphatic rings. The molecular formula is C13H13BrN4O2. The number of aryl methyl sites for hydroxylation is 1. The van der Waals surface area contributed by atoms with Gasteiger partial charge in [0.1, 0.15) is 0 Å². The lowest BCUT2D eigenvalue weighted by Crippen LogP contribution is -2.32. The predicted octanol–water partition coefficient (Wildman–Crippen LogP) is 1.55. The number of amides is 2. The van der Waals surface area contributed by atoms with Crippen LogP contribution >= 0.6 is 15.9 Å². The number of carbonyl (C=O) groups excluding carboxylic acids is 2. The first kappa shape index (κ1) is 14.3. The smallest absolute Gasteiger partial charge is 0.251 e. The molecule has 0 fully saturated rings. The minimum absolute atomic E-state index is 0.109. The minimum atomic E-state index is -0.327. The van der Waals surface area contributed by atoms with E-state index in [4.69, 9.17) is 0 Å². The number of halogens is 1. The second kappa shape index (κ2) is 6.33. The molecule has 7 heteroatoms. The highest BCUT2D eigenvalue weighted by Crippen LogP contribution is 2.11. The topological polar surface area (TPSA) is 76.0 Å². The van der Waals surface area contributed by atoms with Crippen molar-refractivity contribution in [1.82, 2.24) is 15.1 Å². The summed E-state index contributed by atoms with van der Waals surface area (Å²) < 4.78 is 2.39. The maximum Gasteiger partial charge on any atom is 0.251 e. The van der Waals surface area contributed by atoms with E-state index in [0.717, 1.165) is 4.47 Å². The summed E-state index contributed by atoms with van der Waals surface area (Å²) in [5.74, 6) is -0.177. The molecule has 1 aromatic carbocycles. The van der Waals surface area contributed by atoms with Crippen LogP contribution in [0.2, 0.25) is 0 Å². The van der Waals surface area contributed by atoms with Crippen molar-refractivity contribution in [3.05, 3.63) is 46.6 Å². The molecule has 0 unspecified atom stereocenters. The Morgan fingerprint density at radius 2 is 2.15 bits per heavy atom. The summed E-state index contributed by atoms with van der Waals surface area (Å²) in [5.41, 5.74) is 0.491. The Bertz CT molecular complexity index is 639. The van der Waals surface area contributed by atoms with E-state index in [1.807, 2.05) is 6.07 Å². The maximum absolute atomic E-state index is 11.8. The first-order chi connectivity index (χ1) is 9.54. The Morgan fingerprint density at radius 1 is 1.35 bits per heavy atom. The first-order valence-electron chi connectivity index (χ1n) is 5.88. The Kier molecular flexibility index (Phi) is 4.52. The van der Waals surface area contributed by atoms with Crippen LogP contribution in [0.15, 0.2) is 41.0 Å². The van der Waals surface area contributed by atoms with Gasteiger partial charge in [-0.1, -0.05) is 22.0 Å². The van der Waals surface area contributed by atoms with E-state index < -0.39 is 0 Å². The van der Waals surface area contributed by atoms with Crippen molar-refractivity contribution in [2.24, 2.45) is 7.05 Å². The average Bonchev–Trinajstić information content (AvgIpc) is 2.81. The van der Waals surface area contributed by atoms with Crippen LogP contribution in [-0.4, -0.2) is 28.1 Å². The molecule has 2 amide bonds. The van der Waals surface area contributed by atoms with Gasteiger partial charge in [0.15, 0.2) is 5.82 Å². The summed E-state index contributed by atoms with van der Waals surface area (Å²) in [5, 5.41) is 9.15. The van der Waals surface area contributed by atoms with Crippen LogP contribution in [0.3, 0.4) is 0 Å². The molecule has 0 radical (unpaired) electrons. The number of benzene rings is 1. The van der Waals surface area contributed by atoms with Gasteiger partial charge in [-0.05, 0) is 18.2 Å². The van der Waals surface area contributed by atoms with E-state index in [0.29, 0.717) is 11.4 Å². The summed E-state index contributed by atoms with van der Waals surface area (Å²) in [4.78, 5) is 23.5. The molecule has 1 aromatic heterocycles. The fraction of sp³-hybridized carbons (Fsp3) is 0.154. The van der Waals surface area contributed by atoms with Crippen molar-refractivity contribution in [2.75, 3.05) is 11.9 Å². The third-order valence-electron chi connectivity index (χ3n) is 2.48. The molecule has 104 valence electrons. The van der Waals surface area contributed by atoms with Crippen LogP contribution in [0.4, 0.5) is 5.82 Å². The van der Waals surface area contributed by atoms with E-state index >= 15 is 0 Å². The first-order valence-corrected chi connectivity index (χ1v) is 6.67. The lowest BCUT2D eigenvalue weighted by Gasteiger charge is -2.05. The molecule has 1 heterocycles. The number of hydrogen-bond donors (Lipinski definition) is 2. The Labute approximate surface area is 124 Å². The lowest BCUT2D eigenvalue weighted by molar-refractivity contribution is -0.115. The summed E-state index contributed by atoms with van der Waals surface area (Å²) in [6.07, 6.45) is 1.72. The van der Waals surface area contributed by atoms with E-state index in [2.05, 4.69) is 31.7 Å². The number of hydrogen-bond acceptors (Lipinski definition) is 3. The van der Waals surface area contributed by atoms with E-state index in [-0.39, 0.29) is 18.4 Å². The molecule has 2 aromatic rings. The number of anilines is 1. The van der Waals surface area contributed by atoms with Gasteiger partial charge in [0, 0.05) is 29.3 Å². The van der Waals surface area contributed by atoms with Crippen molar-refractivity contribution >= 4 is 33.6 Å². The highest BCUT2D eigenvalue weighted by molar-refractivity contribution is 9.10. The number of carbonyl (C=O) groups is 2. The van der Waals surface area contributed by atoms with Gasteiger partial charge in [0.05, 0.1) is 6.54 Å². The molecule has 0 aliphatic heterocycles. The largest absolute Gasteiger partial charge is 0.343 e. The van der Waals surface area contributed by atoms with Crippen LogP contribution in [0, 0.1) is 0 Å². The maximum atomic E-state index is 11.8. The zero-order chi connectivity index (χ0) is 14.5. The summed E-state index contributed by atoms with van der Waals surface area (Å²) in [6, 6.07) is 8.62. The van der Waals surface area contributed by atoms with Gasteiger partial charge in [0.2, 0.25) is 5.91 Å². The highest BCUT2D eigenvalue weighted by atomic mass is 79.9. The predicted molar refractivity (Wildman–Crippen MR) is 78.3 cm³/mol. The molecule has 0 spiro atoms. The van der Waals surface area contributed by atoms with Gasteiger partial charge in [-0.25, -0.2) is 0 Å². The molecule has 2 rings (SSSR count). The van der Waals surface area contributed by atoms with Gasteiger partial charge in [-0.15, -0.1) is 0 Å². The second-order valence-corrected chi connectivity index (χ2v) is 5.03. The van der Waals surface area contributed by atoms with E-state index in [9.17, 15) is 9.59 Å². The number of aromatic nitrogens is 2. The summed E-state index contributed by atoms with van der Waals surface area (Å²) in [7, 11) is 1.75. The van der Waals surface area contributed by atoms with Crippen molar-refractivity contribution in [1.29, 1.82) is 0 Å². The fourth-order valence-corrected chi connectivity index (χ4v) is 1.96. The number of nitrogens with zero attached hydrogens (tertiary/aromatic N) is 2. The third kappa shape index (κ3) is 3.92. The quantitative estimate of drug-likeness (QED) is 0.889. The van der Waals surface area contributed by atoms with Crippen molar-refractivity contribution < 1.29 is 9.59 Å². The average molecular weight is 337 g/mol. The second-order valence-electron chi connectivity index (χ2n) is 4.12. The monoisotopic (exact) mass is 336 g/mol.